The maximum atomic E-state index is 12.9. The minimum atomic E-state index is -0.0551. The summed E-state index contributed by atoms with van der Waals surface area (Å²) in [6.07, 6.45) is 1.96. The quantitative estimate of drug-likeness (QED) is 0.867. The zero-order valence-corrected chi connectivity index (χ0v) is 14.0. The van der Waals surface area contributed by atoms with Crippen LogP contribution < -0.4 is 4.74 Å². The van der Waals surface area contributed by atoms with Gasteiger partial charge in [-0.3, -0.25) is 9.78 Å². The number of morpholine rings is 1. The number of rotatable bonds is 4. The fraction of sp³-hybridized carbons (Fsp3) is 0.368. The lowest BCUT2D eigenvalue weighted by atomic mass is 10.0. The summed E-state index contributed by atoms with van der Waals surface area (Å²) in [5.74, 6) is 0.766. The molecule has 0 saturated carbocycles. The van der Waals surface area contributed by atoms with Crippen LogP contribution in [0.5, 0.6) is 5.75 Å². The van der Waals surface area contributed by atoms with E-state index in [4.69, 9.17) is 9.47 Å². The van der Waals surface area contributed by atoms with E-state index in [2.05, 4.69) is 4.98 Å². The normalized spacial score (nSPS) is 20.7. The Bertz CT molecular complexity index is 690. The van der Waals surface area contributed by atoms with Crippen molar-refractivity contribution in [2.45, 2.75) is 25.5 Å². The Morgan fingerprint density at radius 1 is 1.33 bits per heavy atom. The molecule has 0 bridgehead atoms. The van der Waals surface area contributed by atoms with Crippen molar-refractivity contribution >= 4 is 5.91 Å². The van der Waals surface area contributed by atoms with Gasteiger partial charge >= 0.3 is 0 Å². The van der Waals surface area contributed by atoms with E-state index in [1.807, 2.05) is 42.2 Å². The van der Waals surface area contributed by atoms with Crippen LogP contribution in [-0.4, -0.2) is 42.2 Å². The zero-order valence-electron chi connectivity index (χ0n) is 14.0. The number of hydrogen-bond acceptors (Lipinski definition) is 4. The fourth-order valence-corrected chi connectivity index (χ4v) is 2.97. The number of hydrogen-bond donors (Lipinski definition) is 0. The summed E-state index contributed by atoms with van der Waals surface area (Å²) in [6, 6.07) is 13.5. The van der Waals surface area contributed by atoms with Crippen molar-refractivity contribution < 1.29 is 14.3 Å². The molecule has 0 aliphatic carbocycles. The molecule has 0 radical (unpaired) electrons. The van der Waals surface area contributed by atoms with Gasteiger partial charge in [-0.05, 0) is 18.6 Å². The van der Waals surface area contributed by atoms with Crippen molar-refractivity contribution in [2.24, 2.45) is 0 Å². The Labute approximate surface area is 142 Å². The standard InChI is InChI=1S/C19H22N2O3/c1-14-12-21(18(13-24-14)15-6-4-3-5-7-15)19(22)11-16-10-17(23-2)8-9-20-16/h3-10,14,18H,11-13H2,1-2H3/t14-,18+/m1/s1. The van der Waals surface area contributed by atoms with Crippen molar-refractivity contribution in [1.82, 2.24) is 9.88 Å². The molecule has 3 rings (SSSR count). The maximum Gasteiger partial charge on any atom is 0.229 e. The summed E-state index contributed by atoms with van der Waals surface area (Å²) in [4.78, 5) is 19.1. The maximum absolute atomic E-state index is 12.9. The molecule has 1 aliphatic heterocycles. The summed E-state index contributed by atoms with van der Waals surface area (Å²) < 4.78 is 11.0. The predicted molar refractivity (Wildman–Crippen MR) is 90.8 cm³/mol. The molecule has 1 amide bonds. The lowest BCUT2D eigenvalue weighted by Crippen LogP contribution is -2.47. The van der Waals surface area contributed by atoms with Gasteiger partial charge in [0.15, 0.2) is 0 Å². The predicted octanol–water partition coefficient (Wildman–Crippen LogP) is 2.62. The molecule has 1 saturated heterocycles. The molecule has 0 unspecified atom stereocenters. The first-order valence-corrected chi connectivity index (χ1v) is 8.12. The lowest BCUT2D eigenvalue weighted by molar-refractivity contribution is -0.144. The number of pyridine rings is 1. The van der Waals surface area contributed by atoms with E-state index < -0.39 is 0 Å². The minimum absolute atomic E-state index is 0.0344. The number of ether oxygens (including phenoxy) is 2. The Balaban J connectivity index is 1.79. The molecule has 0 spiro atoms. The molecule has 24 heavy (non-hydrogen) atoms. The summed E-state index contributed by atoms with van der Waals surface area (Å²) in [7, 11) is 1.61. The second kappa shape index (κ2) is 7.45. The van der Waals surface area contributed by atoms with E-state index in [0.29, 0.717) is 24.6 Å². The van der Waals surface area contributed by atoms with Crippen molar-refractivity contribution in [3.05, 3.63) is 59.9 Å². The van der Waals surface area contributed by atoms with Gasteiger partial charge in [0.1, 0.15) is 5.75 Å². The number of nitrogens with zero attached hydrogens (tertiary/aromatic N) is 2. The topological polar surface area (TPSA) is 51.7 Å². The highest BCUT2D eigenvalue weighted by Crippen LogP contribution is 2.27. The van der Waals surface area contributed by atoms with Crippen molar-refractivity contribution in [3.63, 3.8) is 0 Å². The third-order valence-electron chi connectivity index (χ3n) is 4.23. The number of amides is 1. The smallest absolute Gasteiger partial charge is 0.229 e. The molecule has 1 aromatic carbocycles. The second-order valence-corrected chi connectivity index (χ2v) is 5.98. The summed E-state index contributed by atoms with van der Waals surface area (Å²) in [5, 5.41) is 0. The third kappa shape index (κ3) is 3.74. The molecule has 0 N–H and O–H groups in total. The number of benzene rings is 1. The second-order valence-electron chi connectivity index (χ2n) is 5.98. The van der Waals surface area contributed by atoms with E-state index in [0.717, 1.165) is 5.56 Å². The third-order valence-corrected chi connectivity index (χ3v) is 4.23. The van der Waals surface area contributed by atoms with Crippen LogP contribution in [0.4, 0.5) is 0 Å². The van der Waals surface area contributed by atoms with Gasteiger partial charge in [-0.15, -0.1) is 0 Å². The molecule has 126 valence electrons. The van der Waals surface area contributed by atoms with E-state index in [-0.39, 0.29) is 24.5 Å². The van der Waals surface area contributed by atoms with Gasteiger partial charge in [-0.1, -0.05) is 30.3 Å². The molecule has 2 heterocycles. The van der Waals surface area contributed by atoms with Crippen LogP contribution >= 0.6 is 0 Å². The van der Waals surface area contributed by atoms with E-state index in [1.165, 1.54) is 0 Å². The molecule has 1 aromatic heterocycles. The number of aromatic nitrogens is 1. The molecule has 2 atom stereocenters. The van der Waals surface area contributed by atoms with Crippen molar-refractivity contribution in [1.29, 1.82) is 0 Å². The SMILES string of the molecule is COc1ccnc(CC(=O)N2C[C@@H](C)OC[C@H]2c2ccccc2)c1. The van der Waals surface area contributed by atoms with E-state index in [1.54, 1.807) is 25.4 Å². The molecular weight excluding hydrogens is 304 g/mol. The van der Waals surface area contributed by atoms with Crippen LogP contribution in [-0.2, 0) is 16.0 Å². The Kier molecular flexibility index (Phi) is 5.11. The van der Waals surface area contributed by atoms with E-state index in [9.17, 15) is 4.79 Å². The van der Waals surface area contributed by atoms with Crippen LogP contribution in [0.1, 0.15) is 24.2 Å². The van der Waals surface area contributed by atoms with Gasteiger partial charge in [-0.2, -0.15) is 0 Å². The average molecular weight is 326 g/mol. The lowest BCUT2D eigenvalue weighted by Gasteiger charge is -2.39. The molecule has 2 aromatic rings. The van der Waals surface area contributed by atoms with Crippen LogP contribution in [0, 0.1) is 0 Å². The highest BCUT2D eigenvalue weighted by molar-refractivity contribution is 5.79. The minimum Gasteiger partial charge on any atom is -0.497 e. The van der Waals surface area contributed by atoms with Crippen LogP contribution in [0.2, 0.25) is 0 Å². The van der Waals surface area contributed by atoms with Gasteiger partial charge < -0.3 is 14.4 Å². The first-order chi connectivity index (χ1) is 11.7. The highest BCUT2D eigenvalue weighted by atomic mass is 16.5. The zero-order chi connectivity index (χ0) is 16.9. The Hall–Kier alpha value is -2.40. The van der Waals surface area contributed by atoms with E-state index >= 15 is 0 Å². The number of methoxy groups -OCH3 is 1. The van der Waals surface area contributed by atoms with Crippen molar-refractivity contribution in [3.8, 4) is 5.75 Å². The fourth-order valence-electron chi connectivity index (χ4n) is 2.97. The van der Waals surface area contributed by atoms with Gasteiger partial charge in [0.2, 0.25) is 5.91 Å². The molecule has 1 aliphatic rings. The van der Waals surface area contributed by atoms with Gasteiger partial charge in [0.25, 0.3) is 0 Å². The van der Waals surface area contributed by atoms with Crippen LogP contribution in [0.3, 0.4) is 0 Å². The summed E-state index contributed by atoms with van der Waals surface area (Å²) in [5.41, 5.74) is 1.81. The monoisotopic (exact) mass is 326 g/mol. The summed E-state index contributed by atoms with van der Waals surface area (Å²) in [6.45, 7) is 3.09. The van der Waals surface area contributed by atoms with Gasteiger partial charge in [-0.25, -0.2) is 0 Å². The van der Waals surface area contributed by atoms with Gasteiger partial charge in [0, 0.05) is 18.8 Å². The average Bonchev–Trinajstić information content (AvgIpc) is 2.62. The Morgan fingerprint density at radius 3 is 2.88 bits per heavy atom. The highest BCUT2D eigenvalue weighted by Gasteiger charge is 2.31. The number of carbonyl (C=O) groups is 1. The molecule has 1 fully saturated rings. The molecular formula is C19H22N2O3. The van der Waals surface area contributed by atoms with Gasteiger partial charge in [0.05, 0.1) is 38.0 Å². The summed E-state index contributed by atoms with van der Waals surface area (Å²) >= 11 is 0. The number of carbonyl (C=O) groups excluding carboxylic acids is 1. The van der Waals surface area contributed by atoms with Crippen molar-refractivity contribution in [2.75, 3.05) is 20.3 Å². The van der Waals surface area contributed by atoms with Crippen LogP contribution in [0.25, 0.3) is 0 Å². The first-order valence-electron chi connectivity index (χ1n) is 8.12. The first kappa shape index (κ1) is 16.5. The molecule has 5 heteroatoms. The molecule has 5 nitrogen and oxygen atoms in total. The Morgan fingerprint density at radius 2 is 2.12 bits per heavy atom. The largest absolute Gasteiger partial charge is 0.497 e. The van der Waals surface area contributed by atoms with Crippen LogP contribution in [0.15, 0.2) is 48.7 Å².